The first kappa shape index (κ1) is 14.9. The minimum absolute atomic E-state index is 0.0349. The molecule has 0 saturated carbocycles. The molecule has 0 atom stereocenters. The molecule has 0 aliphatic heterocycles. The predicted molar refractivity (Wildman–Crippen MR) is 71.9 cm³/mol. The number of halogens is 3. The Morgan fingerprint density at radius 3 is 2.10 bits per heavy atom. The van der Waals surface area contributed by atoms with Crippen LogP contribution in [0.15, 0.2) is 24.3 Å². The molecule has 6 heteroatoms. The summed E-state index contributed by atoms with van der Waals surface area (Å²) in [5.41, 5.74) is 4.76. The highest BCUT2D eigenvalue weighted by molar-refractivity contribution is 6.10. The van der Waals surface area contributed by atoms with Gasteiger partial charge in [-0.25, -0.2) is 13.2 Å². The van der Waals surface area contributed by atoms with Gasteiger partial charge in [-0.15, -0.1) is 0 Å². The molecule has 21 heavy (non-hydrogen) atoms. The maximum absolute atomic E-state index is 13.8. The summed E-state index contributed by atoms with van der Waals surface area (Å²) in [5, 5.41) is 0. The molecule has 0 amide bonds. The average molecular weight is 295 g/mol. The van der Waals surface area contributed by atoms with Gasteiger partial charge in [-0.05, 0) is 19.1 Å². The summed E-state index contributed by atoms with van der Waals surface area (Å²) in [6.07, 6.45) is 0. The average Bonchev–Trinajstić information content (AvgIpc) is 2.43. The Morgan fingerprint density at radius 2 is 1.62 bits per heavy atom. The van der Waals surface area contributed by atoms with Gasteiger partial charge < -0.3 is 10.5 Å². The maximum atomic E-state index is 13.8. The van der Waals surface area contributed by atoms with Crippen molar-refractivity contribution >= 4 is 11.5 Å². The van der Waals surface area contributed by atoms with Crippen LogP contribution in [0.4, 0.5) is 18.9 Å². The molecule has 110 valence electrons. The topological polar surface area (TPSA) is 52.3 Å². The monoisotopic (exact) mass is 295 g/mol. The van der Waals surface area contributed by atoms with Crippen LogP contribution >= 0.6 is 0 Å². The van der Waals surface area contributed by atoms with Crippen molar-refractivity contribution in [3.63, 3.8) is 0 Å². The molecule has 0 unspecified atom stereocenters. The number of hydrogen-bond donors (Lipinski definition) is 1. The van der Waals surface area contributed by atoms with Crippen molar-refractivity contribution in [1.29, 1.82) is 0 Å². The van der Waals surface area contributed by atoms with E-state index in [0.29, 0.717) is 0 Å². The minimum Gasteiger partial charge on any atom is -0.497 e. The number of benzene rings is 2. The van der Waals surface area contributed by atoms with Crippen molar-refractivity contribution in [3.05, 3.63) is 58.4 Å². The Labute approximate surface area is 119 Å². The van der Waals surface area contributed by atoms with E-state index in [1.54, 1.807) is 0 Å². The second kappa shape index (κ2) is 5.47. The number of hydrogen-bond acceptors (Lipinski definition) is 3. The van der Waals surface area contributed by atoms with Crippen LogP contribution in [-0.4, -0.2) is 12.9 Å². The number of carbonyl (C=O) groups is 1. The van der Waals surface area contributed by atoms with Gasteiger partial charge in [0.15, 0.2) is 5.78 Å². The van der Waals surface area contributed by atoms with Crippen molar-refractivity contribution in [2.24, 2.45) is 0 Å². The second-order valence-electron chi connectivity index (χ2n) is 4.47. The first-order valence-corrected chi connectivity index (χ1v) is 5.98. The van der Waals surface area contributed by atoms with Crippen molar-refractivity contribution in [2.75, 3.05) is 12.8 Å². The molecular weight excluding hydrogens is 283 g/mol. The number of ether oxygens (including phenoxy) is 1. The molecule has 0 heterocycles. The van der Waals surface area contributed by atoms with Crippen LogP contribution in [0.1, 0.15) is 21.5 Å². The molecule has 2 aromatic rings. The fraction of sp³-hybridized carbons (Fsp3) is 0.133. The van der Waals surface area contributed by atoms with Crippen molar-refractivity contribution in [3.8, 4) is 5.75 Å². The Kier molecular flexibility index (Phi) is 3.88. The van der Waals surface area contributed by atoms with E-state index in [1.165, 1.54) is 20.1 Å². The van der Waals surface area contributed by atoms with Crippen molar-refractivity contribution < 1.29 is 22.7 Å². The van der Waals surface area contributed by atoms with Crippen LogP contribution in [0.5, 0.6) is 5.75 Å². The van der Waals surface area contributed by atoms with Gasteiger partial charge in [0.2, 0.25) is 0 Å². The van der Waals surface area contributed by atoms with Gasteiger partial charge in [-0.2, -0.15) is 0 Å². The normalized spacial score (nSPS) is 10.5. The largest absolute Gasteiger partial charge is 0.497 e. The van der Waals surface area contributed by atoms with E-state index in [9.17, 15) is 18.0 Å². The lowest BCUT2D eigenvalue weighted by atomic mass is 9.99. The van der Waals surface area contributed by atoms with Gasteiger partial charge in [0.25, 0.3) is 0 Å². The molecule has 0 bridgehead atoms. The summed E-state index contributed by atoms with van der Waals surface area (Å²) < 4.78 is 46.0. The Hall–Kier alpha value is -2.50. The summed E-state index contributed by atoms with van der Waals surface area (Å²) in [6.45, 7) is 1.44. The van der Waals surface area contributed by atoms with Crippen LogP contribution < -0.4 is 10.5 Å². The fourth-order valence-electron chi connectivity index (χ4n) is 1.86. The molecule has 2 rings (SSSR count). The summed E-state index contributed by atoms with van der Waals surface area (Å²) in [5.74, 6) is -3.94. The maximum Gasteiger partial charge on any atom is 0.199 e. The first-order chi connectivity index (χ1) is 9.85. The van der Waals surface area contributed by atoms with E-state index in [1.807, 2.05) is 0 Å². The van der Waals surface area contributed by atoms with E-state index in [2.05, 4.69) is 0 Å². The lowest BCUT2D eigenvalue weighted by Gasteiger charge is -2.09. The number of ketones is 1. The van der Waals surface area contributed by atoms with Crippen LogP contribution in [0.2, 0.25) is 0 Å². The molecular formula is C15H12F3NO2. The highest BCUT2D eigenvalue weighted by atomic mass is 19.1. The third-order valence-corrected chi connectivity index (χ3v) is 3.13. The highest BCUT2D eigenvalue weighted by Crippen LogP contribution is 2.25. The van der Waals surface area contributed by atoms with Gasteiger partial charge in [-0.1, -0.05) is 0 Å². The number of carbonyl (C=O) groups excluding carboxylic acids is 1. The van der Waals surface area contributed by atoms with E-state index >= 15 is 0 Å². The molecule has 2 aromatic carbocycles. The molecule has 3 nitrogen and oxygen atoms in total. The smallest absolute Gasteiger partial charge is 0.199 e. The van der Waals surface area contributed by atoms with E-state index in [4.69, 9.17) is 10.5 Å². The Morgan fingerprint density at radius 1 is 1.05 bits per heavy atom. The third kappa shape index (κ3) is 2.69. The zero-order valence-corrected chi connectivity index (χ0v) is 11.3. The second-order valence-corrected chi connectivity index (χ2v) is 4.47. The lowest BCUT2D eigenvalue weighted by Crippen LogP contribution is -2.10. The minimum atomic E-state index is -1.09. The first-order valence-electron chi connectivity index (χ1n) is 5.98. The van der Waals surface area contributed by atoms with Crippen LogP contribution in [-0.2, 0) is 0 Å². The van der Waals surface area contributed by atoms with Crippen LogP contribution in [0.3, 0.4) is 0 Å². The quantitative estimate of drug-likeness (QED) is 0.698. The summed E-state index contributed by atoms with van der Waals surface area (Å²) >= 11 is 0. The van der Waals surface area contributed by atoms with Gasteiger partial charge in [0, 0.05) is 28.9 Å². The molecule has 0 aliphatic carbocycles. The summed E-state index contributed by atoms with van der Waals surface area (Å²) in [4.78, 5) is 12.2. The zero-order chi connectivity index (χ0) is 15.7. The number of methoxy groups -OCH3 is 1. The van der Waals surface area contributed by atoms with E-state index in [-0.39, 0.29) is 22.6 Å². The summed E-state index contributed by atoms with van der Waals surface area (Å²) in [6, 6.07) is 3.84. The number of nitrogen functional groups attached to an aromatic ring is 1. The standard InChI is InChI=1S/C15H12F3NO2/c1-7-10(16)3-8(4-13(7)19)15(20)14-11(17)5-9(21-2)6-12(14)18/h3-6H,19H2,1-2H3. The predicted octanol–water partition coefficient (Wildman–Crippen LogP) is 3.23. The van der Waals surface area contributed by atoms with E-state index in [0.717, 1.165) is 18.2 Å². The molecule has 0 aromatic heterocycles. The van der Waals surface area contributed by atoms with Crippen LogP contribution in [0.25, 0.3) is 0 Å². The number of rotatable bonds is 3. The van der Waals surface area contributed by atoms with Gasteiger partial charge in [0.1, 0.15) is 23.2 Å². The third-order valence-electron chi connectivity index (χ3n) is 3.13. The zero-order valence-electron chi connectivity index (χ0n) is 11.3. The van der Waals surface area contributed by atoms with Crippen LogP contribution in [0, 0.1) is 24.4 Å². The van der Waals surface area contributed by atoms with Crippen molar-refractivity contribution in [2.45, 2.75) is 6.92 Å². The summed E-state index contributed by atoms with van der Waals surface area (Å²) in [7, 11) is 1.24. The van der Waals surface area contributed by atoms with Gasteiger partial charge >= 0.3 is 0 Å². The molecule has 0 fully saturated rings. The van der Waals surface area contributed by atoms with Crippen molar-refractivity contribution in [1.82, 2.24) is 0 Å². The molecule has 0 aliphatic rings. The highest BCUT2D eigenvalue weighted by Gasteiger charge is 2.22. The Bertz CT molecular complexity index is 683. The number of nitrogens with two attached hydrogens (primary N) is 1. The fourth-order valence-corrected chi connectivity index (χ4v) is 1.86. The lowest BCUT2D eigenvalue weighted by molar-refractivity contribution is 0.103. The van der Waals surface area contributed by atoms with Gasteiger partial charge in [-0.3, -0.25) is 4.79 Å². The molecule has 0 saturated heterocycles. The Balaban J connectivity index is 2.55. The molecule has 2 N–H and O–H groups in total. The molecule has 0 radical (unpaired) electrons. The van der Waals surface area contributed by atoms with Gasteiger partial charge in [0.05, 0.1) is 12.7 Å². The van der Waals surface area contributed by atoms with E-state index < -0.39 is 28.8 Å². The number of anilines is 1. The molecule has 0 spiro atoms. The SMILES string of the molecule is COc1cc(F)c(C(=O)c2cc(N)c(C)c(F)c2)c(F)c1.